The summed E-state index contributed by atoms with van der Waals surface area (Å²) in [6, 6.07) is 10.3. The molecule has 0 saturated heterocycles. The first-order valence-corrected chi connectivity index (χ1v) is 5.96. The molecule has 17 heavy (non-hydrogen) atoms. The van der Waals surface area contributed by atoms with E-state index in [0.29, 0.717) is 0 Å². The van der Waals surface area contributed by atoms with Gasteiger partial charge in [0, 0.05) is 20.1 Å². The Balaban J connectivity index is 2.28. The molecule has 1 rings (SSSR count). The molecule has 3 nitrogen and oxygen atoms in total. The molecule has 1 aromatic rings. The minimum absolute atomic E-state index is 0.796. The molecular formula is C14H21N3. The minimum Gasteiger partial charge on any atom is -0.356 e. The zero-order valence-corrected chi connectivity index (χ0v) is 10.6. The van der Waals surface area contributed by atoms with Crippen molar-refractivity contribution in [3.8, 4) is 0 Å². The summed E-state index contributed by atoms with van der Waals surface area (Å²) in [6.07, 6.45) is 5.21. The monoisotopic (exact) mass is 231 g/mol. The maximum absolute atomic E-state index is 4.17. The van der Waals surface area contributed by atoms with Crippen LogP contribution in [-0.4, -0.2) is 19.6 Å². The van der Waals surface area contributed by atoms with Gasteiger partial charge in [0.1, 0.15) is 0 Å². The summed E-state index contributed by atoms with van der Waals surface area (Å²) in [6.45, 7) is 3.73. The van der Waals surface area contributed by atoms with Crippen molar-refractivity contribution in [2.45, 2.75) is 19.9 Å². The predicted octanol–water partition coefficient (Wildman–Crippen LogP) is 2.32. The fourth-order valence-corrected chi connectivity index (χ4v) is 1.44. The highest BCUT2D eigenvalue weighted by molar-refractivity contribution is 5.79. The van der Waals surface area contributed by atoms with E-state index in [1.165, 1.54) is 5.56 Å². The van der Waals surface area contributed by atoms with E-state index in [1.807, 2.05) is 25.1 Å². The lowest BCUT2D eigenvalue weighted by Crippen LogP contribution is -2.37. The highest BCUT2D eigenvalue weighted by Crippen LogP contribution is 1.96. The molecule has 2 N–H and O–H groups in total. The number of benzene rings is 1. The number of hydrogen-bond donors (Lipinski definition) is 2. The molecule has 1 aromatic carbocycles. The van der Waals surface area contributed by atoms with E-state index in [4.69, 9.17) is 0 Å². The standard InChI is InChI=1S/C14H21N3/c1-3-4-8-11-16-14(15-2)17-12-13-9-6-5-7-10-13/h3-7,9-10H,8,11-12H2,1-2H3,(H2,15,16,17). The van der Waals surface area contributed by atoms with Crippen molar-refractivity contribution < 1.29 is 0 Å². The number of rotatable bonds is 5. The summed E-state index contributed by atoms with van der Waals surface area (Å²) in [4.78, 5) is 4.17. The van der Waals surface area contributed by atoms with Gasteiger partial charge in [0.25, 0.3) is 0 Å². The molecule has 0 unspecified atom stereocenters. The van der Waals surface area contributed by atoms with Gasteiger partial charge in [0.05, 0.1) is 0 Å². The molecule has 0 aliphatic rings. The SMILES string of the molecule is CC=CCCNC(=NC)NCc1ccccc1. The van der Waals surface area contributed by atoms with E-state index in [1.54, 1.807) is 7.05 Å². The van der Waals surface area contributed by atoms with Gasteiger partial charge < -0.3 is 10.6 Å². The fourth-order valence-electron chi connectivity index (χ4n) is 1.44. The third-order valence-corrected chi connectivity index (χ3v) is 2.37. The van der Waals surface area contributed by atoms with Crippen molar-refractivity contribution >= 4 is 5.96 Å². The van der Waals surface area contributed by atoms with Crippen LogP contribution in [0.4, 0.5) is 0 Å². The molecule has 0 radical (unpaired) electrons. The van der Waals surface area contributed by atoms with Gasteiger partial charge in [-0.25, -0.2) is 0 Å². The van der Waals surface area contributed by atoms with E-state index in [9.17, 15) is 0 Å². The number of nitrogens with one attached hydrogen (secondary N) is 2. The second-order valence-corrected chi connectivity index (χ2v) is 3.70. The molecule has 0 aliphatic heterocycles. The van der Waals surface area contributed by atoms with Crippen molar-refractivity contribution in [1.82, 2.24) is 10.6 Å². The maximum atomic E-state index is 4.17. The molecule has 0 atom stereocenters. The van der Waals surface area contributed by atoms with E-state index in [2.05, 4.69) is 39.9 Å². The van der Waals surface area contributed by atoms with E-state index >= 15 is 0 Å². The Labute approximate surface area is 104 Å². The van der Waals surface area contributed by atoms with Crippen molar-refractivity contribution in [2.24, 2.45) is 4.99 Å². The van der Waals surface area contributed by atoms with Crippen molar-refractivity contribution in [3.63, 3.8) is 0 Å². The Morgan fingerprint density at radius 2 is 2.00 bits per heavy atom. The summed E-state index contributed by atoms with van der Waals surface area (Å²) in [5, 5.41) is 6.54. The second-order valence-electron chi connectivity index (χ2n) is 3.70. The lowest BCUT2D eigenvalue weighted by molar-refractivity contribution is 0.804. The van der Waals surface area contributed by atoms with Gasteiger partial charge in [-0.3, -0.25) is 4.99 Å². The van der Waals surface area contributed by atoms with Crippen LogP contribution in [0.25, 0.3) is 0 Å². The first kappa shape index (κ1) is 13.3. The van der Waals surface area contributed by atoms with Gasteiger partial charge in [-0.15, -0.1) is 0 Å². The molecular weight excluding hydrogens is 210 g/mol. The number of hydrogen-bond acceptors (Lipinski definition) is 1. The Bertz CT molecular complexity index is 355. The van der Waals surface area contributed by atoms with Gasteiger partial charge in [-0.05, 0) is 18.9 Å². The molecule has 0 amide bonds. The second kappa shape index (κ2) is 8.39. The number of nitrogens with zero attached hydrogens (tertiary/aromatic N) is 1. The molecule has 0 fully saturated rings. The molecule has 0 aliphatic carbocycles. The van der Waals surface area contributed by atoms with Gasteiger partial charge >= 0.3 is 0 Å². The molecule has 0 bridgehead atoms. The molecule has 0 spiro atoms. The van der Waals surface area contributed by atoms with Crippen LogP contribution >= 0.6 is 0 Å². The topological polar surface area (TPSA) is 36.4 Å². The van der Waals surface area contributed by atoms with Crippen LogP contribution in [0.2, 0.25) is 0 Å². The van der Waals surface area contributed by atoms with E-state index in [-0.39, 0.29) is 0 Å². The lowest BCUT2D eigenvalue weighted by atomic mass is 10.2. The normalized spacial score (nSPS) is 11.8. The van der Waals surface area contributed by atoms with Crippen LogP contribution in [0, 0.1) is 0 Å². The highest BCUT2D eigenvalue weighted by Gasteiger charge is 1.96. The fraction of sp³-hybridized carbons (Fsp3) is 0.357. The maximum Gasteiger partial charge on any atom is 0.191 e. The van der Waals surface area contributed by atoms with E-state index in [0.717, 1.165) is 25.5 Å². The molecule has 0 aromatic heterocycles. The zero-order valence-electron chi connectivity index (χ0n) is 10.6. The summed E-state index contributed by atoms with van der Waals surface area (Å²) < 4.78 is 0. The lowest BCUT2D eigenvalue weighted by Gasteiger charge is -2.10. The smallest absolute Gasteiger partial charge is 0.191 e. The van der Waals surface area contributed by atoms with Crippen LogP contribution in [0.5, 0.6) is 0 Å². The van der Waals surface area contributed by atoms with Crippen molar-refractivity contribution in [3.05, 3.63) is 48.0 Å². The van der Waals surface area contributed by atoms with Crippen molar-refractivity contribution in [1.29, 1.82) is 0 Å². The van der Waals surface area contributed by atoms with Gasteiger partial charge in [-0.2, -0.15) is 0 Å². The molecule has 0 heterocycles. The van der Waals surface area contributed by atoms with Crippen LogP contribution in [0.15, 0.2) is 47.5 Å². The number of allylic oxidation sites excluding steroid dienone is 1. The number of guanidine groups is 1. The average molecular weight is 231 g/mol. The Morgan fingerprint density at radius 1 is 1.24 bits per heavy atom. The van der Waals surface area contributed by atoms with Gasteiger partial charge in [-0.1, -0.05) is 42.5 Å². The summed E-state index contributed by atoms with van der Waals surface area (Å²) in [5.41, 5.74) is 1.25. The van der Waals surface area contributed by atoms with Gasteiger partial charge in [0.15, 0.2) is 5.96 Å². The summed E-state index contributed by atoms with van der Waals surface area (Å²) in [7, 11) is 1.79. The highest BCUT2D eigenvalue weighted by atomic mass is 15.2. The summed E-state index contributed by atoms with van der Waals surface area (Å²) >= 11 is 0. The van der Waals surface area contributed by atoms with Crippen molar-refractivity contribution in [2.75, 3.05) is 13.6 Å². The largest absolute Gasteiger partial charge is 0.356 e. The average Bonchev–Trinajstić information content (AvgIpc) is 2.39. The first-order valence-electron chi connectivity index (χ1n) is 5.96. The van der Waals surface area contributed by atoms with Crippen LogP contribution in [0.1, 0.15) is 18.9 Å². The quantitative estimate of drug-likeness (QED) is 0.353. The van der Waals surface area contributed by atoms with Crippen LogP contribution in [-0.2, 0) is 6.54 Å². The molecule has 0 saturated carbocycles. The Hall–Kier alpha value is -1.77. The van der Waals surface area contributed by atoms with Crippen LogP contribution in [0.3, 0.4) is 0 Å². The Morgan fingerprint density at radius 3 is 2.65 bits per heavy atom. The van der Waals surface area contributed by atoms with Gasteiger partial charge in [0.2, 0.25) is 0 Å². The third-order valence-electron chi connectivity index (χ3n) is 2.37. The zero-order chi connectivity index (χ0) is 12.3. The molecule has 92 valence electrons. The number of aliphatic imine (C=N–C) groups is 1. The first-order chi connectivity index (χ1) is 8.36. The minimum atomic E-state index is 0.796. The third kappa shape index (κ3) is 5.76. The van der Waals surface area contributed by atoms with E-state index < -0.39 is 0 Å². The Kier molecular flexibility index (Phi) is 6.56. The van der Waals surface area contributed by atoms with Crippen LogP contribution < -0.4 is 10.6 Å². The summed E-state index contributed by atoms with van der Waals surface area (Å²) in [5.74, 6) is 0.846. The molecule has 3 heteroatoms. The predicted molar refractivity (Wildman–Crippen MR) is 74.1 cm³/mol.